The van der Waals surface area contributed by atoms with E-state index in [1.54, 1.807) is 18.9 Å². The van der Waals surface area contributed by atoms with Gasteiger partial charge in [-0.05, 0) is 25.7 Å². The number of aryl methyl sites for hydroxylation is 1. The fraction of sp³-hybridized carbons (Fsp3) is 0.632. The van der Waals surface area contributed by atoms with E-state index in [0.717, 1.165) is 12.8 Å². The van der Waals surface area contributed by atoms with Crippen molar-refractivity contribution in [2.75, 3.05) is 6.54 Å². The number of nitriles is 1. The van der Waals surface area contributed by atoms with Crippen molar-refractivity contribution in [2.45, 2.75) is 63.1 Å². The van der Waals surface area contributed by atoms with Crippen molar-refractivity contribution in [3.63, 3.8) is 0 Å². The molecule has 162 valence electrons. The molecule has 2 aromatic heterocycles. The van der Waals surface area contributed by atoms with Crippen molar-refractivity contribution in [1.82, 2.24) is 19.8 Å². The van der Waals surface area contributed by atoms with Crippen LogP contribution in [-0.4, -0.2) is 42.8 Å². The molecule has 8 nitrogen and oxygen atoms in total. The highest BCUT2D eigenvalue weighted by Crippen LogP contribution is 2.45. The van der Waals surface area contributed by atoms with E-state index >= 15 is 0 Å². The number of alkyl halides is 3. The molecule has 1 aliphatic carbocycles. The molecule has 1 fully saturated rings. The molecule has 0 saturated heterocycles. The summed E-state index contributed by atoms with van der Waals surface area (Å²) < 4.78 is 46.5. The maximum atomic E-state index is 13.3. The van der Waals surface area contributed by atoms with Gasteiger partial charge >= 0.3 is 6.18 Å². The second-order valence-corrected chi connectivity index (χ2v) is 8.30. The van der Waals surface area contributed by atoms with Crippen LogP contribution in [0.25, 0.3) is 0 Å². The van der Waals surface area contributed by atoms with Crippen LogP contribution in [0.5, 0.6) is 0 Å². The van der Waals surface area contributed by atoms with Gasteiger partial charge in [0, 0.05) is 25.1 Å². The highest BCUT2D eigenvalue weighted by atomic mass is 19.4. The molecule has 0 spiro atoms. The molecule has 30 heavy (non-hydrogen) atoms. The predicted octanol–water partition coefficient (Wildman–Crippen LogP) is 2.54. The normalized spacial score (nSPS) is 23.0. The lowest BCUT2D eigenvalue weighted by Crippen LogP contribution is -2.42. The number of aliphatic hydroxyl groups excluding tert-OH is 1. The zero-order valence-corrected chi connectivity index (χ0v) is 16.7. The van der Waals surface area contributed by atoms with Gasteiger partial charge in [-0.15, -0.1) is 0 Å². The Labute approximate surface area is 170 Å². The average Bonchev–Trinajstić information content (AvgIpc) is 3.31. The van der Waals surface area contributed by atoms with Gasteiger partial charge in [0.2, 0.25) is 5.60 Å². The molecule has 0 amide bonds. The van der Waals surface area contributed by atoms with Crippen LogP contribution in [0, 0.1) is 11.3 Å². The standard InChI is InChI=1S/C19H22F3N5O3/c1-9-7-27(8-12-13(9)16(25-30-12)18(2,29)19(20,21)22)17(28)15-11(6-23)14(10-4-5-10)24-26(15)3/h9-10,17,28-29H,4-5,7-8H2,1-3H3/t9-,17?,18?/m0/s1. The lowest BCUT2D eigenvalue weighted by atomic mass is 9.87. The molecule has 0 bridgehead atoms. The molecule has 3 heterocycles. The summed E-state index contributed by atoms with van der Waals surface area (Å²) in [5.74, 6) is -0.129. The Hall–Kier alpha value is -2.42. The third-order valence-corrected chi connectivity index (χ3v) is 5.95. The molecule has 1 saturated carbocycles. The summed E-state index contributed by atoms with van der Waals surface area (Å²) in [6.07, 6.45) is -4.21. The summed E-state index contributed by atoms with van der Waals surface area (Å²) in [5.41, 5.74) is -2.15. The summed E-state index contributed by atoms with van der Waals surface area (Å²) in [7, 11) is 1.65. The highest BCUT2D eigenvalue weighted by Gasteiger charge is 2.55. The second kappa shape index (κ2) is 6.80. The van der Waals surface area contributed by atoms with Crippen molar-refractivity contribution in [3.8, 4) is 6.07 Å². The third kappa shape index (κ3) is 3.10. The number of hydrogen-bond donors (Lipinski definition) is 2. The maximum absolute atomic E-state index is 13.3. The van der Waals surface area contributed by atoms with Gasteiger partial charge in [-0.1, -0.05) is 12.1 Å². The summed E-state index contributed by atoms with van der Waals surface area (Å²) in [6, 6.07) is 2.13. The van der Waals surface area contributed by atoms with Crippen LogP contribution in [0.2, 0.25) is 0 Å². The second-order valence-electron chi connectivity index (χ2n) is 8.30. The molecule has 3 atom stereocenters. The Bertz CT molecular complexity index is 1020. The first-order chi connectivity index (χ1) is 14.0. The molecular formula is C19H22F3N5O3. The topological polar surface area (TPSA) is 111 Å². The fourth-order valence-electron chi connectivity index (χ4n) is 4.10. The van der Waals surface area contributed by atoms with Crippen LogP contribution in [0.1, 0.15) is 78.7 Å². The molecule has 4 rings (SSSR count). The molecule has 2 aliphatic rings. The van der Waals surface area contributed by atoms with Crippen LogP contribution in [-0.2, 0) is 19.2 Å². The lowest BCUT2D eigenvalue weighted by Gasteiger charge is -2.34. The SMILES string of the molecule is C[C@H]1CN(C(O)c2c(C#N)c(C3CC3)nn2C)Cc2onc(C(C)(O)C(F)(F)F)c21. The Morgan fingerprint density at radius 2 is 2.00 bits per heavy atom. The molecular weight excluding hydrogens is 403 g/mol. The minimum Gasteiger partial charge on any atom is -0.375 e. The van der Waals surface area contributed by atoms with Gasteiger partial charge in [0.25, 0.3) is 0 Å². The third-order valence-electron chi connectivity index (χ3n) is 5.95. The van der Waals surface area contributed by atoms with Crippen LogP contribution in [0.3, 0.4) is 0 Å². The highest BCUT2D eigenvalue weighted by molar-refractivity contribution is 5.43. The van der Waals surface area contributed by atoms with Crippen LogP contribution in [0.4, 0.5) is 13.2 Å². The van der Waals surface area contributed by atoms with Crippen LogP contribution < -0.4 is 0 Å². The van der Waals surface area contributed by atoms with E-state index in [2.05, 4.69) is 16.3 Å². The maximum Gasteiger partial charge on any atom is 0.422 e. The van der Waals surface area contributed by atoms with Crippen molar-refractivity contribution in [1.29, 1.82) is 5.26 Å². The Kier molecular flexibility index (Phi) is 4.72. The first-order valence-corrected chi connectivity index (χ1v) is 9.64. The summed E-state index contributed by atoms with van der Waals surface area (Å²) in [6.45, 7) is 2.49. The van der Waals surface area contributed by atoms with E-state index in [4.69, 9.17) is 4.52 Å². The molecule has 2 N–H and O–H groups in total. The van der Waals surface area contributed by atoms with Gasteiger partial charge in [-0.25, -0.2) is 0 Å². The zero-order chi connectivity index (χ0) is 22.0. The van der Waals surface area contributed by atoms with Crippen molar-refractivity contribution >= 4 is 0 Å². The van der Waals surface area contributed by atoms with Gasteiger partial charge < -0.3 is 14.7 Å². The van der Waals surface area contributed by atoms with E-state index < -0.39 is 29.6 Å². The van der Waals surface area contributed by atoms with Gasteiger partial charge in [-0.2, -0.15) is 23.5 Å². The van der Waals surface area contributed by atoms with Gasteiger partial charge in [0.05, 0.1) is 17.9 Å². The largest absolute Gasteiger partial charge is 0.422 e. The van der Waals surface area contributed by atoms with E-state index in [0.29, 0.717) is 23.9 Å². The van der Waals surface area contributed by atoms with Gasteiger partial charge in [0.15, 0.2) is 12.0 Å². The Morgan fingerprint density at radius 1 is 1.33 bits per heavy atom. The molecule has 0 radical (unpaired) electrons. The number of halogens is 3. The Morgan fingerprint density at radius 3 is 2.57 bits per heavy atom. The smallest absolute Gasteiger partial charge is 0.375 e. The first kappa shape index (κ1) is 20.8. The lowest BCUT2D eigenvalue weighted by molar-refractivity contribution is -0.261. The van der Waals surface area contributed by atoms with Crippen molar-refractivity contribution in [2.24, 2.45) is 7.05 Å². The first-order valence-electron chi connectivity index (χ1n) is 9.64. The quantitative estimate of drug-likeness (QED) is 0.774. The van der Waals surface area contributed by atoms with E-state index in [1.165, 1.54) is 4.68 Å². The molecule has 2 aromatic rings. The van der Waals surface area contributed by atoms with Gasteiger partial charge in [-0.3, -0.25) is 9.58 Å². The molecule has 2 unspecified atom stereocenters. The number of rotatable bonds is 4. The fourth-order valence-corrected chi connectivity index (χ4v) is 4.10. The zero-order valence-electron chi connectivity index (χ0n) is 16.7. The number of aromatic nitrogens is 3. The van der Waals surface area contributed by atoms with Crippen molar-refractivity contribution < 1.29 is 27.9 Å². The van der Waals surface area contributed by atoms with E-state index in [9.17, 15) is 28.6 Å². The summed E-state index contributed by atoms with van der Waals surface area (Å²) >= 11 is 0. The molecule has 0 aromatic carbocycles. The summed E-state index contributed by atoms with van der Waals surface area (Å²) in [4.78, 5) is 1.60. The minimum absolute atomic E-state index is 0.0173. The molecule has 1 aliphatic heterocycles. The van der Waals surface area contributed by atoms with Crippen molar-refractivity contribution in [3.05, 3.63) is 34.0 Å². The number of nitrogens with zero attached hydrogens (tertiary/aromatic N) is 5. The Balaban J connectivity index is 1.66. The van der Waals surface area contributed by atoms with E-state index in [1.807, 2.05) is 0 Å². The summed E-state index contributed by atoms with van der Waals surface area (Å²) in [5, 5.41) is 38.6. The predicted molar refractivity (Wildman–Crippen MR) is 95.8 cm³/mol. The number of hydrogen-bond acceptors (Lipinski definition) is 7. The van der Waals surface area contributed by atoms with Crippen LogP contribution >= 0.6 is 0 Å². The van der Waals surface area contributed by atoms with Crippen LogP contribution in [0.15, 0.2) is 4.52 Å². The number of fused-ring (bicyclic) bond motifs is 1. The van der Waals surface area contributed by atoms with Gasteiger partial charge in [0.1, 0.15) is 17.3 Å². The monoisotopic (exact) mass is 425 g/mol. The van der Waals surface area contributed by atoms with E-state index in [-0.39, 0.29) is 30.3 Å². The minimum atomic E-state index is -4.91. The molecule has 11 heteroatoms. The average molecular weight is 425 g/mol. The number of aliphatic hydroxyl groups is 2.